The molecule has 0 aromatic rings. The third-order valence-electron chi connectivity index (χ3n) is 6.39. The van der Waals surface area contributed by atoms with Crippen molar-refractivity contribution in [2.24, 2.45) is 11.8 Å². The molecule has 41 heteroatoms. The lowest BCUT2D eigenvalue weighted by Gasteiger charge is -2.18. The summed E-state index contributed by atoms with van der Waals surface area (Å²) in [5, 5.41) is 9.06. The summed E-state index contributed by atoms with van der Waals surface area (Å²) in [6, 6.07) is 0. The maximum absolute atomic E-state index is 12.0. The standard InChI is InChI=1S/C22H54O33P8/c1-3-21(17-23)18-54-62(37,38)51-15-13-49-60(33,34)47-11-9-45-58(29,30)43-7-5-41-57(27,28)42-6-8-44-59(31,32)46-10-12-48-61(35,36)50-14-16-52-63(39,40)55-20-22(4-2)19-53-56(24,25)26/h21-23H,3-20H2,1-2H3,(H,27,28)(H,29,30)(H,31,32)(H,33,34)(H,35,36)(H,37,38)(H,39,40)(H2,24,25,26). The fraction of sp³-hybridized carbons (Fsp3) is 1.00. The molecule has 0 aliphatic rings. The maximum Gasteiger partial charge on any atom is 0.472 e. The van der Waals surface area contributed by atoms with Crippen molar-refractivity contribution < 1.29 is 154 Å². The van der Waals surface area contributed by atoms with Gasteiger partial charge in [-0.05, 0) is 12.8 Å². The molecule has 0 aromatic heterocycles. The SMILES string of the molecule is CCC(CO)COP(=O)(O)OCCOP(=O)(O)OCCOP(=O)(O)OCCOP(=O)(O)OCCOP(=O)(O)OCCOP(=O)(O)OCCOP(=O)(O)OCC(CC)COP(=O)(O)O. The Balaban J connectivity index is 4.24. The summed E-state index contributed by atoms with van der Waals surface area (Å²) in [5.74, 6) is -1.13. The van der Waals surface area contributed by atoms with Gasteiger partial charge in [0.25, 0.3) is 0 Å². The van der Waals surface area contributed by atoms with E-state index < -0.39 is 167 Å². The number of aliphatic hydroxyl groups excluding tert-OH is 1. The summed E-state index contributed by atoms with van der Waals surface area (Å²) < 4.78 is 162. The van der Waals surface area contributed by atoms with Gasteiger partial charge in [-0.2, -0.15) is 0 Å². The van der Waals surface area contributed by atoms with E-state index in [1.54, 1.807) is 13.8 Å². The van der Waals surface area contributed by atoms with Gasteiger partial charge in [0, 0.05) is 18.4 Å². The Morgan fingerprint density at radius 3 is 0.651 bits per heavy atom. The van der Waals surface area contributed by atoms with Crippen LogP contribution >= 0.6 is 62.6 Å². The summed E-state index contributed by atoms with van der Waals surface area (Å²) in [6.45, 7) is -8.13. The van der Waals surface area contributed by atoms with Crippen molar-refractivity contribution in [3.8, 4) is 0 Å². The summed E-state index contributed by atoms with van der Waals surface area (Å²) in [5.41, 5.74) is 0. The molecule has 10 N–H and O–H groups in total. The van der Waals surface area contributed by atoms with Gasteiger partial charge >= 0.3 is 62.6 Å². The van der Waals surface area contributed by atoms with Crippen molar-refractivity contribution in [1.29, 1.82) is 0 Å². The Bertz CT molecular complexity index is 1670. The number of aliphatic hydroxyl groups is 1. The van der Waals surface area contributed by atoms with Crippen LogP contribution < -0.4 is 0 Å². The van der Waals surface area contributed by atoms with Gasteiger partial charge in [-0.25, -0.2) is 36.5 Å². The van der Waals surface area contributed by atoms with E-state index in [0.29, 0.717) is 6.42 Å². The molecule has 9 unspecified atom stereocenters. The molecular weight excluding hydrogens is 1040 g/mol. The molecule has 9 atom stereocenters. The van der Waals surface area contributed by atoms with Gasteiger partial charge in [-0.15, -0.1) is 0 Å². The van der Waals surface area contributed by atoms with Gasteiger partial charge in [0.15, 0.2) is 0 Å². The van der Waals surface area contributed by atoms with Gasteiger partial charge in [-0.1, -0.05) is 13.8 Å². The average Bonchev–Trinajstić information content (AvgIpc) is 3.16. The topological polar surface area (TPSA) is 477 Å². The molecule has 0 radical (unpaired) electrons. The molecule has 0 saturated carbocycles. The van der Waals surface area contributed by atoms with Crippen LogP contribution in [0.1, 0.15) is 26.7 Å². The van der Waals surface area contributed by atoms with Gasteiger partial charge in [0.05, 0.1) is 99.1 Å². The summed E-state index contributed by atoms with van der Waals surface area (Å²) in [6.07, 6.45) is 0.686. The van der Waals surface area contributed by atoms with Crippen LogP contribution in [0.4, 0.5) is 0 Å². The monoisotopic (exact) mass is 1090 g/mol. The molecular formula is C22H54O33P8. The van der Waals surface area contributed by atoms with Crippen LogP contribution in [0, 0.1) is 11.8 Å². The zero-order valence-electron chi connectivity index (χ0n) is 33.3. The Labute approximate surface area is 359 Å². The van der Waals surface area contributed by atoms with Gasteiger partial charge in [-0.3, -0.25) is 67.9 Å². The number of hydrogen-bond donors (Lipinski definition) is 10. The second-order valence-corrected chi connectivity index (χ2v) is 22.8. The first kappa shape index (κ1) is 63.8. The van der Waals surface area contributed by atoms with Crippen molar-refractivity contribution in [1.82, 2.24) is 0 Å². The quantitative estimate of drug-likeness (QED) is 0.0309. The summed E-state index contributed by atoms with van der Waals surface area (Å²) >= 11 is 0. The number of hydrogen-bond acceptors (Lipinski definition) is 24. The van der Waals surface area contributed by atoms with Crippen molar-refractivity contribution in [3.05, 3.63) is 0 Å². The molecule has 0 saturated heterocycles. The zero-order chi connectivity index (χ0) is 48.5. The Morgan fingerprint density at radius 1 is 0.302 bits per heavy atom. The normalized spacial score (nSPS) is 20.3. The van der Waals surface area contributed by atoms with E-state index in [9.17, 15) is 70.8 Å². The minimum atomic E-state index is -4.91. The van der Waals surface area contributed by atoms with Crippen LogP contribution in [-0.2, 0) is 104 Å². The molecule has 0 bridgehead atoms. The minimum absolute atomic E-state index is 0.237. The average molecular weight is 1090 g/mol. The van der Waals surface area contributed by atoms with Gasteiger partial charge < -0.3 is 49.1 Å². The predicted octanol–water partition coefficient (Wildman–Crippen LogP) is 2.08. The molecule has 0 spiro atoms. The number of rotatable bonds is 42. The van der Waals surface area contributed by atoms with Gasteiger partial charge in [0.2, 0.25) is 0 Å². The third-order valence-corrected chi connectivity index (χ3v) is 13.9. The molecule has 380 valence electrons. The van der Waals surface area contributed by atoms with Crippen LogP contribution in [0.2, 0.25) is 0 Å². The van der Waals surface area contributed by atoms with Crippen LogP contribution in [0.15, 0.2) is 0 Å². The highest BCUT2D eigenvalue weighted by molar-refractivity contribution is 7.49. The van der Waals surface area contributed by atoms with Crippen LogP contribution in [0.5, 0.6) is 0 Å². The summed E-state index contributed by atoms with van der Waals surface area (Å²) in [7, 11) is -38.5. The molecule has 0 aliphatic carbocycles. The van der Waals surface area contributed by atoms with Crippen LogP contribution in [-0.4, -0.2) is 155 Å². The largest absolute Gasteiger partial charge is 0.472 e. The highest BCUT2D eigenvalue weighted by Gasteiger charge is 2.30. The lowest BCUT2D eigenvalue weighted by Crippen LogP contribution is -2.15. The van der Waals surface area contributed by atoms with E-state index in [4.69, 9.17) is 14.9 Å². The minimum Gasteiger partial charge on any atom is -0.396 e. The second-order valence-electron chi connectivity index (χ2n) is 11.4. The van der Waals surface area contributed by atoms with Crippen molar-refractivity contribution >= 4 is 62.6 Å². The zero-order valence-corrected chi connectivity index (χ0v) is 40.5. The fourth-order valence-corrected chi connectivity index (χ4v) is 8.67. The number of phosphoric acid groups is 8. The Morgan fingerprint density at radius 2 is 0.476 bits per heavy atom. The molecule has 0 amide bonds. The molecule has 63 heavy (non-hydrogen) atoms. The third kappa shape index (κ3) is 37.4. The predicted molar refractivity (Wildman–Crippen MR) is 205 cm³/mol. The molecule has 0 aromatic carbocycles. The van der Waals surface area contributed by atoms with E-state index in [2.05, 4.69) is 67.9 Å². The first-order valence-corrected chi connectivity index (χ1v) is 29.5. The molecule has 0 aliphatic heterocycles. The van der Waals surface area contributed by atoms with E-state index in [1.165, 1.54) is 0 Å². The Hall–Kier alpha value is 0.840. The maximum atomic E-state index is 12.0. The van der Waals surface area contributed by atoms with Crippen molar-refractivity contribution in [2.75, 3.05) is 106 Å². The second kappa shape index (κ2) is 31.1. The van der Waals surface area contributed by atoms with Crippen LogP contribution in [0.3, 0.4) is 0 Å². The molecule has 33 nitrogen and oxygen atoms in total. The van der Waals surface area contributed by atoms with Crippen LogP contribution in [0.25, 0.3) is 0 Å². The highest BCUT2D eigenvalue weighted by Crippen LogP contribution is 2.50. The smallest absolute Gasteiger partial charge is 0.396 e. The number of phosphoric ester groups is 8. The molecule has 0 rings (SSSR count). The van der Waals surface area contributed by atoms with E-state index >= 15 is 0 Å². The first-order valence-electron chi connectivity index (χ1n) is 17.5. The van der Waals surface area contributed by atoms with E-state index in [-0.39, 0.29) is 19.6 Å². The van der Waals surface area contributed by atoms with Crippen molar-refractivity contribution in [3.63, 3.8) is 0 Å². The molecule has 0 heterocycles. The van der Waals surface area contributed by atoms with E-state index in [1.807, 2.05) is 0 Å². The van der Waals surface area contributed by atoms with Crippen molar-refractivity contribution in [2.45, 2.75) is 26.7 Å². The lowest BCUT2D eigenvalue weighted by atomic mass is 10.1. The highest BCUT2D eigenvalue weighted by atomic mass is 31.2. The van der Waals surface area contributed by atoms with Gasteiger partial charge in [0.1, 0.15) is 0 Å². The fourth-order valence-electron chi connectivity index (χ4n) is 3.28. The first-order chi connectivity index (χ1) is 28.9. The van der Waals surface area contributed by atoms with E-state index in [0.717, 1.165) is 0 Å². The Kier molecular flexibility index (Phi) is 31.6. The summed E-state index contributed by atoms with van der Waals surface area (Å²) in [4.78, 5) is 84.9. The lowest BCUT2D eigenvalue weighted by molar-refractivity contribution is 0.0708. The molecule has 0 fully saturated rings.